The molecule has 0 aliphatic carbocycles. The lowest BCUT2D eigenvalue weighted by molar-refractivity contribution is -0.895. The van der Waals surface area contributed by atoms with Gasteiger partial charge in [0.2, 0.25) is 10.0 Å². The number of aryl methyl sites for hydroxylation is 2. The van der Waals surface area contributed by atoms with Gasteiger partial charge in [-0.15, -0.1) is 0 Å². The topological polar surface area (TPSA) is 70.9 Å². The number of carbonyl (C=O) groups excluding carboxylic acids is 1. The van der Waals surface area contributed by atoms with E-state index >= 15 is 0 Å². The Balaban J connectivity index is 1.86. The van der Waals surface area contributed by atoms with E-state index in [0.717, 1.165) is 28.9 Å². The van der Waals surface area contributed by atoms with Crippen molar-refractivity contribution in [3.8, 4) is 0 Å². The van der Waals surface area contributed by atoms with E-state index in [4.69, 9.17) is 0 Å². The SMILES string of the molecule is Cc1ccc(S(=O)(=O)N2CC[NH+](CC(=O)N[C@@H](C)CCC(C)C)CC2)c(C)c1. The van der Waals surface area contributed by atoms with Crippen LogP contribution in [0.2, 0.25) is 0 Å². The number of rotatable bonds is 8. The number of sulfonamides is 1. The van der Waals surface area contributed by atoms with Gasteiger partial charge in [0.05, 0.1) is 31.1 Å². The number of hydrogen-bond acceptors (Lipinski definition) is 3. The molecule has 0 aromatic heterocycles. The lowest BCUT2D eigenvalue weighted by atomic mass is 10.0. The molecule has 0 unspecified atom stereocenters. The van der Waals surface area contributed by atoms with Gasteiger partial charge < -0.3 is 10.2 Å². The zero-order chi connectivity index (χ0) is 20.9. The smallest absolute Gasteiger partial charge is 0.275 e. The number of carbonyl (C=O) groups is 1. The van der Waals surface area contributed by atoms with Crippen molar-refractivity contribution >= 4 is 15.9 Å². The fourth-order valence-corrected chi connectivity index (χ4v) is 5.30. The molecule has 0 spiro atoms. The van der Waals surface area contributed by atoms with Crippen LogP contribution in [0.25, 0.3) is 0 Å². The van der Waals surface area contributed by atoms with E-state index in [1.54, 1.807) is 10.4 Å². The average molecular weight is 411 g/mol. The first-order valence-corrected chi connectivity index (χ1v) is 11.7. The molecule has 1 aliphatic rings. The molecular formula is C21H36N3O3S+. The van der Waals surface area contributed by atoms with Crippen molar-refractivity contribution in [2.75, 3.05) is 32.7 Å². The summed E-state index contributed by atoms with van der Waals surface area (Å²) >= 11 is 0. The standard InChI is InChI=1S/C21H35N3O3S/c1-16(2)6-8-19(5)22-21(25)15-23-10-12-24(13-11-23)28(26,27)20-9-7-17(3)14-18(20)4/h7,9,14,16,19H,6,8,10-13,15H2,1-5H3,(H,22,25)/p+1/t19-/m0/s1. The van der Waals surface area contributed by atoms with Gasteiger partial charge in [-0.1, -0.05) is 31.5 Å². The Morgan fingerprint density at radius 3 is 2.36 bits per heavy atom. The minimum Gasteiger partial charge on any atom is -0.349 e. The van der Waals surface area contributed by atoms with Crippen LogP contribution in [0.4, 0.5) is 0 Å². The predicted molar refractivity (Wildman–Crippen MR) is 112 cm³/mol. The Labute approximate surface area is 170 Å². The molecule has 0 radical (unpaired) electrons. The summed E-state index contributed by atoms with van der Waals surface area (Å²) in [5.74, 6) is 0.689. The third kappa shape index (κ3) is 6.29. The van der Waals surface area contributed by atoms with Crippen molar-refractivity contribution in [2.45, 2.75) is 58.4 Å². The molecule has 28 heavy (non-hydrogen) atoms. The molecule has 1 atom stereocenters. The van der Waals surface area contributed by atoms with Crippen LogP contribution in [-0.4, -0.2) is 57.4 Å². The molecule has 1 aromatic rings. The number of quaternary nitrogens is 1. The lowest BCUT2D eigenvalue weighted by Crippen LogP contribution is -3.15. The molecule has 2 rings (SSSR count). The Morgan fingerprint density at radius 2 is 1.79 bits per heavy atom. The van der Waals surface area contributed by atoms with Crippen molar-refractivity contribution in [3.05, 3.63) is 29.3 Å². The Morgan fingerprint density at radius 1 is 1.14 bits per heavy atom. The molecule has 7 heteroatoms. The predicted octanol–water partition coefficient (Wildman–Crippen LogP) is 1.13. The summed E-state index contributed by atoms with van der Waals surface area (Å²) in [5.41, 5.74) is 1.84. The zero-order valence-corrected chi connectivity index (χ0v) is 18.7. The van der Waals surface area contributed by atoms with Gasteiger partial charge >= 0.3 is 0 Å². The van der Waals surface area contributed by atoms with E-state index in [2.05, 4.69) is 19.2 Å². The molecule has 1 amide bonds. The van der Waals surface area contributed by atoms with E-state index in [1.807, 2.05) is 32.9 Å². The summed E-state index contributed by atoms with van der Waals surface area (Å²) in [7, 11) is -3.48. The van der Waals surface area contributed by atoms with Crippen molar-refractivity contribution in [1.29, 1.82) is 0 Å². The second-order valence-electron chi connectivity index (χ2n) is 8.54. The summed E-state index contributed by atoms with van der Waals surface area (Å²) in [5, 5.41) is 3.07. The Hall–Kier alpha value is -1.44. The third-order valence-electron chi connectivity index (χ3n) is 5.37. The summed E-state index contributed by atoms with van der Waals surface area (Å²) in [6.07, 6.45) is 2.09. The van der Waals surface area contributed by atoms with Crippen LogP contribution in [0.3, 0.4) is 0 Å². The summed E-state index contributed by atoms with van der Waals surface area (Å²) < 4.78 is 27.5. The maximum atomic E-state index is 13.0. The minimum absolute atomic E-state index is 0.0527. The van der Waals surface area contributed by atoms with Gasteiger partial charge in [-0.3, -0.25) is 4.79 Å². The lowest BCUT2D eigenvalue weighted by Gasteiger charge is -2.31. The number of amides is 1. The van der Waals surface area contributed by atoms with E-state index < -0.39 is 10.0 Å². The normalized spacial score (nSPS) is 17.6. The van der Waals surface area contributed by atoms with Crippen molar-refractivity contribution in [1.82, 2.24) is 9.62 Å². The molecule has 1 saturated heterocycles. The molecule has 158 valence electrons. The van der Waals surface area contributed by atoms with Gasteiger partial charge in [0.15, 0.2) is 6.54 Å². The average Bonchev–Trinajstić information content (AvgIpc) is 2.60. The number of nitrogens with one attached hydrogen (secondary N) is 2. The molecule has 1 aliphatic heterocycles. The van der Waals surface area contributed by atoms with E-state index in [1.165, 1.54) is 0 Å². The van der Waals surface area contributed by atoms with E-state index in [-0.39, 0.29) is 11.9 Å². The summed E-state index contributed by atoms with van der Waals surface area (Å²) in [6, 6.07) is 5.62. The molecule has 6 nitrogen and oxygen atoms in total. The number of benzene rings is 1. The minimum atomic E-state index is -3.48. The van der Waals surface area contributed by atoms with Crippen LogP contribution >= 0.6 is 0 Å². The van der Waals surface area contributed by atoms with Crippen molar-refractivity contribution < 1.29 is 18.1 Å². The zero-order valence-electron chi connectivity index (χ0n) is 17.9. The van der Waals surface area contributed by atoms with Gasteiger partial charge in [-0.2, -0.15) is 4.31 Å². The fourth-order valence-electron chi connectivity index (χ4n) is 3.66. The number of nitrogens with zero attached hydrogens (tertiary/aromatic N) is 1. The van der Waals surface area contributed by atoms with Crippen LogP contribution < -0.4 is 10.2 Å². The highest BCUT2D eigenvalue weighted by Crippen LogP contribution is 2.20. The molecule has 2 N–H and O–H groups in total. The van der Waals surface area contributed by atoms with Gasteiger partial charge in [-0.05, 0) is 51.2 Å². The first-order valence-electron chi connectivity index (χ1n) is 10.3. The van der Waals surface area contributed by atoms with Crippen molar-refractivity contribution in [3.63, 3.8) is 0 Å². The van der Waals surface area contributed by atoms with E-state index in [9.17, 15) is 13.2 Å². The monoisotopic (exact) mass is 410 g/mol. The second-order valence-corrected chi connectivity index (χ2v) is 10.4. The number of piperazine rings is 1. The van der Waals surface area contributed by atoms with E-state index in [0.29, 0.717) is 43.5 Å². The maximum absolute atomic E-state index is 13.0. The molecular weight excluding hydrogens is 374 g/mol. The molecule has 1 fully saturated rings. The highest BCUT2D eigenvalue weighted by atomic mass is 32.2. The quantitative estimate of drug-likeness (QED) is 0.675. The summed E-state index contributed by atoms with van der Waals surface area (Å²) in [6.45, 7) is 12.8. The highest BCUT2D eigenvalue weighted by Gasteiger charge is 2.32. The fraction of sp³-hybridized carbons (Fsp3) is 0.667. The molecule has 1 heterocycles. The molecule has 0 bridgehead atoms. The first-order chi connectivity index (χ1) is 13.1. The van der Waals surface area contributed by atoms with Crippen LogP contribution in [0.5, 0.6) is 0 Å². The van der Waals surface area contributed by atoms with Crippen molar-refractivity contribution in [2.24, 2.45) is 5.92 Å². The largest absolute Gasteiger partial charge is 0.349 e. The van der Waals surface area contributed by atoms with Crippen LogP contribution in [0, 0.1) is 19.8 Å². The second kappa shape index (κ2) is 9.85. The molecule has 0 saturated carbocycles. The van der Waals surface area contributed by atoms with Crippen LogP contribution in [0.15, 0.2) is 23.1 Å². The van der Waals surface area contributed by atoms with Crippen LogP contribution in [0.1, 0.15) is 44.7 Å². The van der Waals surface area contributed by atoms with Gasteiger partial charge in [0.25, 0.3) is 5.91 Å². The third-order valence-corrected chi connectivity index (χ3v) is 7.43. The van der Waals surface area contributed by atoms with Gasteiger partial charge in [0.1, 0.15) is 0 Å². The maximum Gasteiger partial charge on any atom is 0.275 e. The van der Waals surface area contributed by atoms with Crippen LogP contribution in [-0.2, 0) is 14.8 Å². The van der Waals surface area contributed by atoms with Gasteiger partial charge in [0, 0.05) is 6.04 Å². The summed E-state index contributed by atoms with van der Waals surface area (Å²) in [4.78, 5) is 13.8. The first kappa shape index (κ1) is 22.8. The Kier molecular flexibility index (Phi) is 8.04. The van der Waals surface area contributed by atoms with Gasteiger partial charge in [-0.25, -0.2) is 8.42 Å². The molecule has 1 aromatic carbocycles. The highest BCUT2D eigenvalue weighted by molar-refractivity contribution is 7.89. The Bertz CT molecular complexity index is 769. The number of hydrogen-bond donors (Lipinski definition) is 2.